The van der Waals surface area contributed by atoms with Crippen LogP contribution in [0.3, 0.4) is 0 Å². The first-order chi connectivity index (χ1) is 19.2. The average Bonchev–Trinajstić information content (AvgIpc) is 2.88. The zero-order chi connectivity index (χ0) is 30.5. The highest BCUT2D eigenvalue weighted by Gasteiger charge is 2.06. The molecular formula is C28H36N4O7P2. The third kappa shape index (κ3) is 13.9. The Morgan fingerprint density at radius 2 is 0.634 bits per heavy atom. The lowest BCUT2D eigenvalue weighted by Crippen LogP contribution is -2.42. The molecule has 0 fully saturated rings. The van der Waals surface area contributed by atoms with Crippen molar-refractivity contribution in [2.75, 3.05) is 0 Å². The van der Waals surface area contributed by atoms with Crippen molar-refractivity contribution in [2.24, 2.45) is 0 Å². The molecule has 41 heavy (non-hydrogen) atoms. The molecule has 0 unspecified atom stereocenters. The Morgan fingerprint density at radius 1 is 0.439 bits per heavy atom. The van der Waals surface area contributed by atoms with Gasteiger partial charge in [-0.05, 0) is 49.9 Å². The van der Waals surface area contributed by atoms with E-state index in [1.807, 2.05) is 24.3 Å². The molecule has 11 nitrogen and oxygen atoms in total. The standard InChI is InChI=1S/2C14H16N2.H4O7P2/c2*15-13-7-3-1-5-11(13)9-10-12-6-2-4-8-14(12)16;1-8(2,3)7-9(4,5)6/h2*1-8H,9-10,15-16H2;(H2,1,2,3)(H2,4,5,6). The summed E-state index contributed by atoms with van der Waals surface area (Å²) in [5.41, 5.74) is 26.0. The second-order valence-corrected chi connectivity index (χ2v) is 11.5. The van der Waals surface area contributed by atoms with Crippen molar-refractivity contribution < 1.29 is 55.9 Å². The van der Waals surface area contributed by atoms with Crippen molar-refractivity contribution in [1.29, 1.82) is 0 Å². The van der Waals surface area contributed by atoms with Crippen LogP contribution in [0.2, 0.25) is 0 Å². The SMILES string of the molecule is O=P([O-])([O-])OP(=O)([O-])[O-].[NH3+]c1ccccc1CCc1ccccc1[NH3+].[NH3+]c1ccccc1CCc1ccccc1[NH3+]. The topological polar surface area (TPSA) is 246 Å². The van der Waals surface area contributed by atoms with Gasteiger partial charge in [-0.25, -0.2) is 0 Å². The first-order valence-corrected chi connectivity index (χ1v) is 15.5. The number of hydrogen-bond acceptors (Lipinski definition) is 7. The van der Waals surface area contributed by atoms with Crippen LogP contribution < -0.4 is 42.5 Å². The molecule has 0 heterocycles. The van der Waals surface area contributed by atoms with Gasteiger partial charge in [-0.2, -0.15) is 0 Å². The van der Waals surface area contributed by atoms with Crippen LogP contribution in [0.1, 0.15) is 22.3 Å². The summed E-state index contributed by atoms with van der Waals surface area (Å²) >= 11 is 0. The average molecular weight is 603 g/mol. The fourth-order valence-corrected chi connectivity index (χ4v) is 4.85. The third-order valence-corrected chi connectivity index (χ3v) is 7.60. The number of hydrogen-bond donors (Lipinski definition) is 4. The van der Waals surface area contributed by atoms with Gasteiger partial charge in [-0.3, -0.25) is 0 Å². The van der Waals surface area contributed by atoms with Gasteiger partial charge < -0.3 is 55.9 Å². The van der Waals surface area contributed by atoms with Crippen molar-refractivity contribution in [3.8, 4) is 0 Å². The molecule has 220 valence electrons. The van der Waals surface area contributed by atoms with Crippen LogP contribution in [0.4, 0.5) is 22.7 Å². The molecular weight excluding hydrogens is 566 g/mol. The van der Waals surface area contributed by atoms with E-state index in [4.69, 9.17) is 0 Å². The molecule has 0 spiro atoms. The molecule has 13 heteroatoms. The molecule has 0 radical (unpaired) electrons. The Balaban J connectivity index is 0.000000225. The zero-order valence-corrected chi connectivity index (χ0v) is 24.4. The van der Waals surface area contributed by atoms with Crippen LogP contribution >= 0.6 is 15.6 Å². The smallest absolute Gasteiger partial charge is 0.131 e. The van der Waals surface area contributed by atoms with Crippen LogP contribution in [0, 0.1) is 0 Å². The fraction of sp³-hybridized carbons (Fsp3) is 0.143. The lowest BCUT2D eigenvalue weighted by molar-refractivity contribution is -0.364. The quantitative estimate of drug-likeness (QED) is 0.185. The van der Waals surface area contributed by atoms with Gasteiger partial charge in [0.05, 0.1) is 15.6 Å². The third-order valence-electron chi connectivity index (χ3n) is 6.00. The second-order valence-electron chi connectivity index (χ2n) is 9.05. The largest absolute Gasteiger partial charge is 0.790 e. The van der Waals surface area contributed by atoms with Crippen LogP contribution in [0.15, 0.2) is 97.1 Å². The van der Waals surface area contributed by atoms with Crippen molar-refractivity contribution in [1.82, 2.24) is 0 Å². The second kappa shape index (κ2) is 16.4. The molecule has 4 aromatic carbocycles. The Hall–Kier alpha value is -3.02. The molecule has 12 N–H and O–H groups in total. The molecule has 0 bridgehead atoms. The Morgan fingerprint density at radius 3 is 0.780 bits per heavy atom. The van der Waals surface area contributed by atoms with Crippen molar-refractivity contribution >= 4 is 38.4 Å². The van der Waals surface area contributed by atoms with E-state index in [0.29, 0.717) is 0 Å². The highest BCUT2D eigenvalue weighted by Crippen LogP contribution is 2.42. The summed E-state index contributed by atoms with van der Waals surface area (Å²) in [5.74, 6) is 0. The van der Waals surface area contributed by atoms with E-state index in [9.17, 15) is 28.7 Å². The van der Waals surface area contributed by atoms with Gasteiger partial charge in [-0.15, -0.1) is 0 Å². The van der Waals surface area contributed by atoms with Gasteiger partial charge in [0.25, 0.3) is 0 Å². The minimum Gasteiger partial charge on any atom is -0.790 e. The van der Waals surface area contributed by atoms with E-state index in [1.54, 1.807) is 0 Å². The summed E-state index contributed by atoms with van der Waals surface area (Å²) in [6.07, 6.45) is 4.14. The molecule has 0 saturated heterocycles. The number of aryl methyl sites for hydroxylation is 4. The van der Waals surface area contributed by atoms with E-state index in [0.717, 1.165) is 48.4 Å². The minimum atomic E-state index is -5.68. The van der Waals surface area contributed by atoms with Crippen LogP contribution in [-0.2, 0) is 39.1 Å². The lowest BCUT2D eigenvalue weighted by atomic mass is 10.0. The molecule has 0 atom stereocenters. The summed E-state index contributed by atoms with van der Waals surface area (Å²) in [4.78, 5) is 37.3. The summed E-state index contributed by atoms with van der Waals surface area (Å²) < 4.78 is 21.2. The normalized spacial score (nSPS) is 11.1. The lowest BCUT2D eigenvalue weighted by Gasteiger charge is -2.39. The molecule has 0 amide bonds. The van der Waals surface area contributed by atoms with E-state index < -0.39 is 15.6 Å². The van der Waals surface area contributed by atoms with Crippen molar-refractivity contribution in [2.45, 2.75) is 25.7 Å². The van der Waals surface area contributed by atoms with Gasteiger partial charge in [0.2, 0.25) is 0 Å². The fourth-order valence-electron chi connectivity index (χ4n) is 3.87. The first-order valence-electron chi connectivity index (χ1n) is 12.6. The maximum atomic E-state index is 9.32. The molecule has 4 rings (SSSR count). The minimum absolute atomic E-state index is 1.03. The molecule has 0 aliphatic rings. The molecule has 4 aromatic rings. The molecule has 0 aromatic heterocycles. The van der Waals surface area contributed by atoms with Gasteiger partial charge in [-0.1, -0.05) is 72.8 Å². The van der Waals surface area contributed by atoms with E-state index in [-0.39, 0.29) is 0 Å². The summed E-state index contributed by atoms with van der Waals surface area (Å²) in [6, 6.07) is 33.2. The number of rotatable bonds is 8. The monoisotopic (exact) mass is 602 g/mol. The van der Waals surface area contributed by atoms with Gasteiger partial charge >= 0.3 is 0 Å². The van der Waals surface area contributed by atoms with Gasteiger partial charge in [0, 0.05) is 22.3 Å². The van der Waals surface area contributed by atoms with Crippen LogP contribution in [0.5, 0.6) is 0 Å². The summed E-state index contributed by atoms with van der Waals surface area (Å²) in [7, 11) is -11.4. The first kappa shape index (κ1) is 34.2. The number of phosphoric acid groups is 2. The molecule has 0 saturated carbocycles. The van der Waals surface area contributed by atoms with Crippen LogP contribution in [-0.4, -0.2) is 0 Å². The predicted molar refractivity (Wildman–Crippen MR) is 147 cm³/mol. The Kier molecular flexibility index (Phi) is 13.7. The van der Waals surface area contributed by atoms with Gasteiger partial charge in [0.1, 0.15) is 22.7 Å². The highest BCUT2D eigenvalue weighted by molar-refractivity contribution is 7.57. The van der Waals surface area contributed by atoms with Crippen LogP contribution in [0.25, 0.3) is 0 Å². The van der Waals surface area contributed by atoms with E-state index in [1.165, 1.54) is 22.3 Å². The van der Waals surface area contributed by atoms with Crippen molar-refractivity contribution in [3.05, 3.63) is 119 Å². The highest BCUT2D eigenvalue weighted by atomic mass is 31.3. The zero-order valence-electron chi connectivity index (χ0n) is 22.6. The maximum absolute atomic E-state index is 9.32. The maximum Gasteiger partial charge on any atom is 0.131 e. The molecule has 0 aliphatic carbocycles. The predicted octanol–water partition coefficient (Wildman–Crippen LogP) is -0.902. The Labute approximate surface area is 239 Å². The number of benzene rings is 4. The molecule has 0 aliphatic heterocycles. The Bertz CT molecular complexity index is 1290. The summed E-state index contributed by atoms with van der Waals surface area (Å²) in [5, 5.41) is 0. The van der Waals surface area contributed by atoms with E-state index in [2.05, 4.69) is 100 Å². The summed E-state index contributed by atoms with van der Waals surface area (Å²) in [6.45, 7) is 0. The number of quaternary nitrogens is 4. The van der Waals surface area contributed by atoms with Crippen molar-refractivity contribution in [3.63, 3.8) is 0 Å². The van der Waals surface area contributed by atoms with Gasteiger partial charge in [0.15, 0.2) is 0 Å². The van der Waals surface area contributed by atoms with E-state index >= 15 is 0 Å².